The van der Waals surface area contributed by atoms with Crippen LogP contribution < -0.4 is 25.0 Å². The van der Waals surface area contributed by atoms with E-state index >= 15 is 0 Å². The van der Waals surface area contributed by atoms with Gasteiger partial charge < -0.3 is 19.7 Å². The number of benzene rings is 2. The summed E-state index contributed by atoms with van der Waals surface area (Å²) >= 11 is 11.8. The number of anilines is 2. The molecule has 1 amide bonds. The van der Waals surface area contributed by atoms with Crippen molar-refractivity contribution in [3.05, 3.63) is 47.0 Å². The Morgan fingerprint density at radius 1 is 1.10 bits per heavy atom. The Kier molecular flexibility index (Phi) is 7.39. The number of hydrogen-bond acceptors (Lipinski definition) is 5. The minimum Gasteiger partial charge on any atom is -0.497 e. The second kappa shape index (κ2) is 10.00. The van der Waals surface area contributed by atoms with Crippen molar-refractivity contribution in [3.8, 4) is 11.5 Å². The van der Waals surface area contributed by atoms with Crippen LogP contribution in [0.1, 0.15) is 30.1 Å². The number of hydrogen-bond donors (Lipinski definition) is 2. The van der Waals surface area contributed by atoms with Crippen LogP contribution in [0, 0.1) is 5.92 Å². The molecule has 3 rings (SSSR count). The molecule has 0 bridgehead atoms. The number of rotatable bonds is 5. The third-order valence-electron chi connectivity index (χ3n) is 5.17. The van der Waals surface area contributed by atoms with E-state index in [4.69, 9.17) is 33.3 Å². The average molecular weight is 448 g/mol. The zero-order valence-electron chi connectivity index (χ0n) is 17.3. The van der Waals surface area contributed by atoms with Crippen molar-refractivity contribution in [2.45, 2.75) is 19.8 Å². The average Bonchev–Trinajstić information content (AvgIpc) is 2.74. The van der Waals surface area contributed by atoms with Gasteiger partial charge >= 0.3 is 0 Å². The smallest absolute Gasteiger partial charge is 0.257 e. The SMILES string of the molecule is COc1cc(OC)cc(C(=O)NC(=S)Nc2ccc(N3CCC(C)CC3)c(Cl)c2)c1. The molecule has 0 saturated carbocycles. The fourth-order valence-electron chi connectivity index (χ4n) is 3.37. The zero-order chi connectivity index (χ0) is 21.7. The van der Waals surface area contributed by atoms with E-state index in [1.54, 1.807) is 18.2 Å². The van der Waals surface area contributed by atoms with Crippen LogP contribution in [0.25, 0.3) is 0 Å². The van der Waals surface area contributed by atoms with E-state index in [2.05, 4.69) is 22.5 Å². The Morgan fingerprint density at radius 3 is 2.30 bits per heavy atom. The molecule has 1 aliphatic rings. The van der Waals surface area contributed by atoms with Crippen molar-refractivity contribution < 1.29 is 14.3 Å². The summed E-state index contributed by atoms with van der Waals surface area (Å²) in [5.41, 5.74) is 2.11. The van der Waals surface area contributed by atoms with E-state index in [1.165, 1.54) is 27.1 Å². The summed E-state index contributed by atoms with van der Waals surface area (Å²) in [5, 5.41) is 6.51. The fourth-order valence-corrected chi connectivity index (χ4v) is 3.88. The van der Waals surface area contributed by atoms with Crippen molar-refractivity contribution in [1.29, 1.82) is 0 Å². The number of piperidine rings is 1. The highest BCUT2D eigenvalue weighted by atomic mass is 35.5. The molecule has 0 aliphatic carbocycles. The van der Waals surface area contributed by atoms with Gasteiger partial charge in [0.1, 0.15) is 11.5 Å². The first-order chi connectivity index (χ1) is 14.4. The van der Waals surface area contributed by atoms with Crippen LogP contribution in [0.4, 0.5) is 11.4 Å². The number of nitrogens with zero attached hydrogens (tertiary/aromatic N) is 1. The standard InChI is InChI=1S/C22H26ClN3O3S/c1-14-6-8-26(9-7-14)20-5-4-16(12-19(20)23)24-22(30)25-21(27)15-10-17(28-2)13-18(11-15)29-3/h4-5,10-14H,6-9H2,1-3H3,(H2,24,25,27,30). The van der Waals surface area contributed by atoms with E-state index in [-0.39, 0.29) is 11.0 Å². The number of carbonyl (C=O) groups excluding carboxylic acids is 1. The zero-order valence-corrected chi connectivity index (χ0v) is 18.9. The van der Waals surface area contributed by atoms with Crippen LogP contribution in [-0.2, 0) is 0 Å². The van der Waals surface area contributed by atoms with E-state index in [9.17, 15) is 4.79 Å². The van der Waals surface area contributed by atoms with E-state index in [0.717, 1.165) is 24.7 Å². The second-order valence-electron chi connectivity index (χ2n) is 7.35. The fraction of sp³-hybridized carbons (Fsp3) is 0.364. The summed E-state index contributed by atoms with van der Waals surface area (Å²) in [5.74, 6) is 1.43. The molecule has 30 heavy (non-hydrogen) atoms. The summed E-state index contributed by atoms with van der Waals surface area (Å²) in [4.78, 5) is 14.9. The summed E-state index contributed by atoms with van der Waals surface area (Å²) in [6.07, 6.45) is 2.34. The molecule has 160 valence electrons. The molecule has 0 spiro atoms. The Morgan fingerprint density at radius 2 is 1.73 bits per heavy atom. The topological polar surface area (TPSA) is 62.8 Å². The van der Waals surface area contributed by atoms with Crippen LogP contribution in [0.2, 0.25) is 5.02 Å². The lowest BCUT2D eigenvalue weighted by molar-refractivity contribution is 0.0977. The third kappa shape index (κ3) is 5.55. The maximum Gasteiger partial charge on any atom is 0.257 e. The molecule has 1 saturated heterocycles. The Balaban J connectivity index is 1.63. The molecule has 1 heterocycles. The predicted octanol–water partition coefficient (Wildman–Crippen LogP) is 4.72. The van der Waals surface area contributed by atoms with E-state index in [1.807, 2.05) is 18.2 Å². The van der Waals surface area contributed by atoms with Crippen LogP contribution in [-0.4, -0.2) is 38.3 Å². The summed E-state index contributed by atoms with van der Waals surface area (Å²) < 4.78 is 10.4. The van der Waals surface area contributed by atoms with E-state index < -0.39 is 0 Å². The van der Waals surface area contributed by atoms with Gasteiger partial charge in [0.05, 0.1) is 24.9 Å². The lowest BCUT2D eigenvalue weighted by atomic mass is 9.99. The molecule has 0 unspecified atom stereocenters. The first-order valence-corrected chi connectivity index (χ1v) is 10.6. The molecule has 6 nitrogen and oxygen atoms in total. The van der Waals surface area contributed by atoms with Gasteiger partial charge in [0.25, 0.3) is 5.91 Å². The number of carbonyl (C=O) groups is 1. The van der Waals surface area contributed by atoms with Gasteiger partial charge in [-0.15, -0.1) is 0 Å². The number of methoxy groups -OCH3 is 2. The predicted molar refractivity (Wildman–Crippen MR) is 125 cm³/mol. The van der Waals surface area contributed by atoms with Crippen LogP contribution in [0.5, 0.6) is 11.5 Å². The van der Waals surface area contributed by atoms with Crippen molar-refractivity contribution in [2.24, 2.45) is 5.92 Å². The first kappa shape index (κ1) is 22.2. The summed E-state index contributed by atoms with van der Waals surface area (Å²) in [6, 6.07) is 10.6. The lowest BCUT2D eigenvalue weighted by Gasteiger charge is -2.32. The van der Waals surface area contributed by atoms with Gasteiger partial charge in [0.15, 0.2) is 5.11 Å². The van der Waals surface area contributed by atoms with Crippen molar-refractivity contribution in [3.63, 3.8) is 0 Å². The monoisotopic (exact) mass is 447 g/mol. The van der Waals surface area contributed by atoms with Crippen molar-refractivity contribution in [1.82, 2.24) is 5.32 Å². The van der Waals surface area contributed by atoms with Crippen molar-refractivity contribution in [2.75, 3.05) is 37.5 Å². The molecule has 8 heteroatoms. The number of ether oxygens (including phenoxy) is 2. The minimum absolute atomic E-state index is 0.178. The van der Waals surface area contributed by atoms with Gasteiger partial charge in [-0.05, 0) is 61.3 Å². The minimum atomic E-state index is -0.366. The van der Waals surface area contributed by atoms with Crippen LogP contribution in [0.15, 0.2) is 36.4 Å². The molecule has 2 aromatic rings. The Labute approximate surface area is 187 Å². The first-order valence-electron chi connectivity index (χ1n) is 9.79. The molecule has 2 aromatic carbocycles. The highest BCUT2D eigenvalue weighted by molar-refractivity contribution is 7.80. The molecular weight excluding hydrogens is 422 g/mol. The molecule has 1 aliphatic heterocycles. The van der Waals surface area contributed by atoms with Crippen molar-refractivity contribution >= 4 is 46.2 Å². The largest absolute Gasteiger partial charge is 0.497 e. The number of amides is 1. The Hall–Kier alpha value is -2.51. The van der Waals surface area contributed by atoms with Gasteiger partial charge in [-0.1, -0.05) is 18.5 Å². The molecule has 1 fully saturated rings. The molecular formula is C22H26ClN3O3S. The molecule has 0 radical (unpaired) electrons. The highest BCUT2D eigenvalue weighted by Crippen LogP contribution is 2.32. The number of halogens is 1. The normalized spacial score (nSPS) is 14.2. The highest BCUT2D eigenvalue weighted by Gasteiger charge is 2.18. The quantitative estimate of drug-likeness (QED) is 0.646. The number of thiocarbonyl (C=S) groups is 1. The maximum absolute atomic E-state index is 12.6. The maximum atomic E-state index is 12.6. The molecule has 2 N–H and O–H groups in total. The van der Waals surface area contributed by atoms with Gasteiger partial charge in [-0.25, -0.2) is 0 Å². The molecule has 0 aromatic heterocycles. The van der Waals surface area contributed by atoms with Gasteiger partial charge in [-0.3, -0.25) is 10.1 Å². The van der Waals surface area contributed by atoms with Crippen LogP contribution in [0.3, 0.4) is 0 Å². The van der Waals surface area contributed by atoms with Gasteiger partial charge in [0.2, 0.25) is 0 Å². The molecule has 0 atom stereocenters. The van der Waals surface area contributed by atoms with Gasteiger partial charge in [-0.2, -0.15) is 0 Å². The third-order valence-corrected chi connectivity index (χ3v) is 5.68. The number of nitrogens with one attached hydrogen (secondary N) is 2. The summed E-state index contributed by atoms with van der Waals surface area (Å²) in [7, 11) is 3.06. The lowest BCUT2D eigenvalue weighted by Crippen LogP contribution is -2.34. The van der Waals surface area contributed by atoms with Gasteiger partial charge in [0, 0.05) is 30.4 Å². The summed E-state index contributed by atoms with van der Waals surface area (Å²) in [6.45, 7) is 4.29. The Bertz CT molecular complexity index is 908. The second-order valence-corrected chi connectivity index (χ2v) is 8.16. The van der Waals surface area contributed by atoms with Crippen LogP contribution >= 0.6 is 23.8 Å². The van der Waals surface area contributed by atoms with E-state index in [0.29, 0.717) is 27.8 Å².